The molecule has 0 bridgehead atoms. The number of aryl methyl sites for hydroxylation is 1. The number of rotatable bonds is 7. The summed E-state index contributed by atoms with van der Waals surface area (Å²) in [4.78, 5) is 24.6. The molecule has 1 atom stereocenters. The van der Waals surface area contributed by atoms with Crippen molar-refractivity contribution in [1.82, 2.24) is 15.1 Å². The summed E-state index contributed by atoms with van der Waals surface area (Å²) in [5, 5.41) is 16.9. The Morgan fingerprint density at radius 2 is 2.07 bits per heavy atom. The molecule has 1 heterocycles. The summed E-state index contributed by atoms with van der Waals surface area (Å²) in [6.45, 7) is 6.01. The van der Waals surface area contributed by atoms with Gasteiger partial charge in [0.15, 0.2) is 5.69 Å². The van der Waals surface area contributed by atoms with Gasteiger partial charge in [0.2, 0.25) is 5.91 Å². The maximum absolute atomic E-state index is 12.8. The van der Waals surface area contributed by atoms with Gasteiger partial charge in [0.05, 0.1) is 16.6 Å². The predicted molar refractivity (Wildman–Crippen MR) is 104 cm³/mol. The monoisotopic (exact) mass is 389 g/mol. The van der Waals surface area contributed by atoms with Crippen LogP contribution in [0.15, 0.2) is 18.2 Å². The third kappa shape index (κ3) is 4.77. The van der Waals surface area contributed by atoms with E-state index in [1.165, 1.54) is 0 Å². The zero-order valence-electron chi connectivity index (χ0n) is 15.8. The van der Waals surface area contributed by atoms with E-state index in [1.54, 1.807) is 22.9 Å². The number of carbonyl (C=O) groups is 2. The number of carbonyl (C=O) groups excluding carboxylic acids is 2. The standard InChI is InChI=1S/C19H24ClN5O2/c1-19(2,3)16(17(22)26)23-18(27)14-12-8-7-9-13(20)15(12)25(24-14)11-6-4-5-10-21/h7-9,16H,4-6,11H2,1-3H3,(H2,22,26)(H,23,27). The number of fused-ring (bicyclic) bond motifs is 1. The fourth-order valence-electron chi connectivity index (χ4n) is 2.90. The number of hydrogen-bond donors (Lipinski definition) is 2. The van der Waals surface area contributed by atoms with Crippen LogP contribution < -0.4 is 11.1 Å². The zero-order chi connectivity index (χ0) is 20.2. The first-order valence-electron chi connectivity index (χ1n) is 8.79. The number of halogens is 1. The normalized spacial score (nSPS) is 12.6. The van der Waals surface area contributed by atoms with Gasteiger partial charge in [-0.2, -0.15) is 10.4 Å². The first-order chi connectivity index (χ1) is 12.7. The van der Waals surface area contributed by atoms with Crippen LogP contribution in [-0.4, -0.2) is 27.6 Å². The van der Waals surface area contributed by atoms with Crippen LogP contribution in [-0.2, 0) is 11.3 Å². The first kappa shape index (κ1) is 20.7. The topological polar surface area (TPSA) is 114 Å². The van der Waals surface area contributed by atoms with Crippen LogP contribution >= 0.6 is 11.6 Å². The maximum atomic E-state index is 12.8. The highest BCUT2D eigenvalue weighted by Crippen LogP contribution is 2.27. The molecule has 0 saturated heterocycles. The van der Waals surface area contributed by atoms with E-state index in [2.05, 4.69) is 16.5 Å². The average molecular weight is 390 g/mol. The number of para-hydroxylation sites is 1. The molecule has 0 saturated carbocycles. The lowest BCUT2D eigenvalue weighted by molar-refractivity contribution is -0.122. The molecule has 8 heteroatoms. The van der Waals surface area contributed by atoms with Gasteiger partial charge in [0.25, 0.3) is 5.91 Å². The van der Waals surface area contributed by atoms with Crippen LogP contribution in [0.2, 0.25) is 5.02 Å². The molecule has 2 amide bonds. The molecule has 1 aromatic heterocycles. The molecule has 0 radical (unpaired) electrons. The summed E-state index contributed by atoms with van der Waals surface area (Å²) in [5.74, 6) is -1.08. The SMILES string of the molecule is CC(C)(C)C(NC(=O)c1nn(CCCCC#N)c2c(Cl)cccc12)C(N)=O. The van der Waals surface area contributed by atoms with E-state index in [4.69, 9.17) is 22.6 Å². The van der Waals surface area contributed by atoms with Gasteiger partial charge in [-0.05, 0) is 24.3 Å². The largest absolute Gasteiger partial charge is 0.368 e. The highest BCUT2D eigenvalue weighted by molar-refractivity contribution is 6.35. The van der Waals surface area contributed by atoms with Crippen molar-refractivity contribution >= 4 is 34.3 Å². The predicted octanol–water partition coefficient (Wildman–Crippen LogP) is 3.01. The highest BCUT2D eigenvalue weighted by atomic mass is 35.5. The molecule has 7 nitrogen and oxygen atoms in total. The van der Waals surface area contributed by atoms with E-state index < -0.39 is 23.3 Å². The van der Waals surface area contributed by atoms with Crippen molar-refractivity contribution in [1.29, 1.82) is 5.26 Å². The fourth-order valence-corrected chi connectivity index (χ4v) is 3.17. The summed E-state index contributed by atoms with van der Waals surface area (Å²) in [7, 11) is 0. The third-order valence-corrected chi connectivity index (χ3v) is 4.58. The average Bonchev–Trinajstić information content (AvgIpc) is 2.95. The minimum absolute atomic E-state index is 0.197. The molecule has 3 N–H and O–H groups in total. The van der Waals surface area contributed by atoms with Crippen LogP contribution in [0.25, 0.3) is 10.9 Å². The number of nitrogens with one attached hydrogen (secondary N) is 1. The number of benzene rings is 1. The smallest absolute Gasteiger partial charge is 0.273 e. The molecular weight excluding hydrogens is 366 g/mol. The second kappa shape index (κ2) is 8.40. The number of unbranched alkanes of at least 4 members (excludes halogenated alkanes) is 2. The number of aromatic nitrogens is 2. The molecule has 2 aromatic rings. The number of hydrogen-bond acceptors (Lipinski definition) is 4. The van der Waals surface area contributed by atoms with Crippen molar-refractivity contribution in [2.75, 3.05) is 0 Å². The Bertz CT molecular complexity index is 892. The Morgan fingerprint density at radius 1 is 1.37 bits per heavy atom. The summed E-state index contributed by atoms with van der Waals surface area (Å²) >= 11 is 6.33. The van der Waals surface area contributed by atoms with E-state index in [9.17, 15) is 9.59 Å². The lowest BCUT2D eigenvalue weighted by Crippen LogP contribution is -2.52. The van der Waals surface area contributed by atoms with Crippen LogP contribution in [0, 0.1) is 16.7 Å². The Labute approximate surface area is 163 Å². The van der Waals surface area contributed by atoms with Crippen LogP contribution in [0.4, 0.5) is 0 Å². The van der Waals surface area contributed by atoms with Crippen molar-refractivity contribution in [3.05, 3.63) is 28.9 Å². The summed E-state index contributed by atoms with van der Waals surface area (Å²) in [6.07, 6.45) is 1.94. The lowest BCUT2D eigenvalue weighted by atomic mass is 9.86. The van der Waals surface area contributed by atoms with Crippen molar-refractivity contribution in [2.24, 2.45) is 11.1 Å². The van der Waals surface area contributed by atoms with Gasteiger partial charge in [0.1, 0.15) is 6.04 Å². The van der Waals surface area contributed by atoms with Gasteiger partial charge in [-0.25, -0.2) is 0 Å². The molecule has 0 aliphatic heterocycles. The summed E-state index contributed by atoms with van der Waals surface area (Å²) in [5.41, 5.74) is 5.78. The molecule has 2 rings (SSSR count). The molecule has 0 spiro atoms. The summed E-state index contributed by atoms with van der Waals surface area (Å²) in [6, 6.07) is 6.53. The highest BCUT2D eigenvalue weighted by Gasteiger charge is 2.32. The Morgan fingerprint density at radius 3 is 2.67 bits per heavy atom. The maximum Gasteiger partial charge on any atom is 0.273 e. The van der Waals surface area contributed by atoms with Crippen molar-refractivity contribution in [2.45, 2.75) is 52.6 Å². The molecular formula is C19H24ClN5O2. The number of amides is 2. The van der Waals surface area contributed by atoms with Crippen LogP contribution in [0.5, 0.6) is 0 Å². The third-order valence-electron chi connectivity index (χ3n) is 4.27. The Hall–Kier alpha value is -2.59. The van der Waals surface area contributed by atoms with Crippen LogP contribution in [0.3, 0.4) is 0 Å². The quantitative estimate of drug-likeness (QED) is 0.708. The number of primary amides is 1. The number of nitrogens with two attached hydrogens (primary N) is 1. The Balaban J connectivity index is 2.37. The van der Waals surface area contributed by atoms with Gasteiger partial charge in [-0.3, -0.25) is 14.3 Å². The van der Waals surface area contributed by atoms with E-state index in [-0.39, 0.29) is 5.69 Å². The molecule has 27 heavy (non-hydrogen) atoms. The molecule has 0 fully saturated rings. The molecule has 144 valence electrons. The molecule has 1 aromatic carbocycles. The van der Waals surface area contributed by atoms with Gasteiger partial charge in [-0.1, -0.05) is 44.5 Å². The van der Waals surface area contributed by atoms with Gasteiger partial charge < -0.3 is 11.1 Å². The van der Waals surface area contributed by atoms with Gasteiger partial charge >= 0.3 is 0 Å². The second-order valence-electron chi connectivity index (χ2n) is 7.50. The van der Waals surface area contributed by atoms with E-state index in [1.807, 2.05) is 20.8 Å². The van der Waals surface area contributed by atoms with E-state index in [0.717, 1.165) is 12.8 Å². The molecule has 1 unspecified atom stereocenters. The van der Waals surface area contributed by atoms with Crippen molar-refractivity contribution < 1.29 is 9.59 Å². The first-order valence-corrected chi connectivity index (χ1v) is 9.16. The Kier molecular flexibility index (Phi) is 6.45. The number of nitriles is 1. The van der Waals surface area contributed by atoms with Crippen molar-refractivity contribution in [3.63, 3.8) is 0 Å². The minimum atomic E-state index is -0.833. The second-order valence-corrected chi connectivity index (χ2v) is 7.91. The number of nitrogens with zero attached hydrogens (tertiary/aromatic N) is 3. The minimum Gasteiger partial charge on any atom is -0.368 e. The lowest BCUT2D eigenvalue weighted by Gasteiger charge is -2.28. The van der Waals surface area contributed by atoms with Gasteiger partial charge in [-0.15, -0.1) is 0 Å². The van der Waals surface area contributed by atoms with Gasteiger partial charge in [0, 0.05) is 18.4 Å². The van der Waals surface area contributed by atoms with E-state index in [0.29, 0.717) is 28.9 Å². The van der Waals surface area contributed by atoms with E-state index >= 15 is 0 Å². The molecule has 0 aliphatic rings. The molecule has 0 aliphatic carbocycles. The summed E-state index contributed by atoms with van der Waals surface area (Å²) < 4.78 is 1.68. The fraction of sp³-hybridized carbons (Fsp3) is 0.474. The van der Waals surface area contributed by atoms with Crippen LogP contribution in [0.1, 0.15) is 50.5 Å². The zero-order valence-corrected chi connectivity index (χ0v) is 16.5. The van der Waals surface area contributed by atoms with Crippen molar-refractivity contribution in [3.8, 4) is 6.07 Å².